The van der Waals surface area contributed by atoms with Crippen molar-refractivity contribution >= 4 is 0 Å². The van der Waals surface area contributed by atoms with E-state index in [9.17, 15) is 0 Å². The van der Waals surface area contributed by atoms with Crippen LogP contribution in [-0.4, -0.2) is 61.1 Å². The lowest BCUT2D eigenvalue weighted by Crippen LogP contribution is -2.45. The molecule has 0 radical (unpaired) electrons. The Morgan fingerprint density at radius 3 is 2.71 bits per heavy atom. The van der Waals surface area contributed by atoms with Gasteiger partial charge in [0.1, 0.15) is 0 Å². The van der Waals surface area contributed by atoms with E-state index in [0.717, 1.165) is 26.2 Å². The zero-order valence-corrected chi connectivity index (χ0v) is 10.6. The lowest BCUT2D eigenvalue weighted by Gasteiger charge is -2.29. The van der Waals surface area contributed by atoms with E-state index >= 15 is 0 Å². The molecule has 1 aromatic rings. The number of rotatable bonds is 5. The van der Waals surface area contributed by atoms with Crippen molar-refractivity contribution in [2.75, 3.05) is 46.3 Å². The van der Waals surface area contributed by atoms with Crippen LogP contribution in [0, 0.1) is 0 Å². The molecular formula is C13H22N4. The highest BCUT2D eigenvalue weighted by molar-refractivity contribution is 5.09. The van der Waals surface area contributed by atoms with Crippen molar-refractivity contribution in [3.05, 3.63) is 30.1 Å². The predicted molar refractivity (Wildman–Crippen MR) is 69.9 cm³/mol. The first-order valence-electron chi connectivity index (χ1n) is 6.35. The van der Waals surface area contributed by atoms with E-state index in [2.05, 4.69) is 39.3 Å². The van der Waals surface area contributed by atoms with Gasteiger partial charge < -0.3 is 10.2 Å². The number of hydrogen-bond acceptors (Lipinski definition) is 4. The number of hydrogen-bond donors (Lipinski definition) is 1. The zero-order valence-electron chi connectivity index (χ0n) is 10.6. The lowest BCUT2D eigenvalue weighted by atomic mass is 10.2. The van der Waals surface area contributed by atoms with Gasteiger partial charge >= 0.3 is 0 Å². The molecule has 2 rings (SSSR count). The van der Waals surface area contributed by atoms with Gasteiger partial charge in [-0.1, -0.05) is 0 Å². The van der Waals surface area contributed by atoms with Gasteiger partial charge in [0, 0.05) is 58.2 Å². The van der Waals surface area contributed by atoms with Crippen molar-refractivity contribution < 1.29 is 0 Å². The number of aromatic nitrogens is 1. The fourth-order valence-electron chi connectivity index (χ4n) is 2.13. The number of nitrogens with one attached hydrogen (secondary N) is 1. The molecule has 0 unspecified atom stereocenters. The summed E-state index contributed by atoms with van der Waals surface area (Å²) < 4.78 is 0. The van der Waals surface area contributed by atoms with Crippen LogP contribution in [0.5, 0.6) is 0 Å². The minimum Gasteiger partial charge on any atom is -0.314 e. The minimum atomic E-state index is 1.01. The van der Waals surface area contributed by atoms with E-state index in [1.807, 2.05) is 12.4 Å². The van der Waals surface area contributed by atoms with Gasteiger partial charge in [-0.05, 0) is 24.7 Å². The molecule has 2 heterocycles. The first kappa shape index (κ1) is 12.5. The molecule has 0 saturated carbocycles. The van der Waals surface area contributed by atoms with Crippen molar-refractivity contribution in [2.45, 2.75) is 6.54 Å². The van der Waals surface area contributed by atoms with E-state index < -0.39 is 0 Å². The van der Waals surface area contributed by atoms with Crippen molar-refractivity contribution in [3.8, 4) is 0 Å². The summed E-state index contributed by atoms with van der Waals surface area (Å²) in [6.45, 7) is 7.94. The summed E-state index contributed by atoms with van der Waals surface area (Å²) >= 11 is 0. The molecule has 1 fully saturated rings. The van der Waals surface area contributed by atoms with Gasteiger partial charge in [0.05, 0.1) is 0 Å². The van der Waals surface area contributed by atoms with Crippen molar-refractivity contribution in [1.82, 2.24) is 20.1 Å². The molecule has 1 saturated heterocycles. The standard InChI is InChI=1S/C13H22N4/c1-16(12-13-2-4-14-5-3-13)10-11-17-8-6-15-7-9-17/h2-5,15H,6-12H2,1H3. The summed E-state index contributed by atoms with van der Waals surface area (Å²) in [6, 6.07) is 4.17. The summed E-state index contributed by atoms with van der Waals surface area (Å²) in [5, 5.41) is 3.38. The predicted octanol–water partition coefficient (Wildman–Crippen LogP) is 0.419. The maximum atomic E-state index is 4.04. The average molecular weight is 234 g/mol. The lowest BCUT2D eigenvalue weighted by molar-refractivity contribution is 0.202. The Morgan fingerprint density at radius 2 is 2.00 bits per heavy atom. The van der Waals surface area contributed by atoms with Gasteiger partial charge in [0.15, 0.2) is 0 Å². The van der Waals surface area contributed by atoms with Crippen LogP contribution < -0.4 is 5.32 Å². The van der Waals surface area contributed by atoms with Gasteiger partial charge in [-0.15, -0.1) is 0 Å². The summed E-state index contributed by atoms with van der Waals surface area (Å²) in [7, 11) is 2.18. The maximum absolute atomic E-state index is 4.04. The smallest absolute Gasteiger partial charge is 0.0271 e. The largest absolute Gasteiger partial charge is 0.314 e. The van der Waals surface area contributed by atoms with Crippen LogP contribution >= 0.6 is 0 Å². The first-order valence-corrected chi connectivity index (χ1v) is 6.35. The van der Waals surface area contributed by atoms with E-state index in [1.54, 1.807) is 0 Å². The molecule has 17 heavy (non-hydrogen) atoms. The fraction of sp³-hybridized carbons (Fsp3) is 0.615. The second kappa shape index (κ2) is 6.69. The molecule has 0 bridgehead atoms. The average Bonchev–Trinajstić information content (AvgIpc) is 2.39. The number of likely N-dealkylation sites (N-methyl/N-ethyl adjacent to an activating group) is 1. The van der Waals surface area contributed by atoms with Gasteiger partial charge in [-0.25, -0.2) is 0 Å². The monoisotopic (exact) mass is 234 g/mol. The zero-order chi connectivity index (χ0) is 11.9. The van der Waals surface area contributed by atoms with Gasteiger partial charge in [-0.3, -0.25) is 9.88 Å². The minimum absolute atomic E-state index is 1.01. The van der Waals surface area contributed by atoms with Crippen LogP contribution in [0.15, 0.2) is 24.5 Å². The number of nitrogens with zero attached hydrogens (tertiary/aromatic N) is 3. The molecule has 0 aliphatic carbocycles. The van der Waals surface area contributed by atoms with Crippen molar-refractivity contribution in [3.63, 3.8) is 0 Å². The van der Waals surface area contributed by atoms with Crippen LogP contribution in [-0.2, 0) is 6.54 Å². The Labute approximate surface area is 104 Å². The molecule has 0 amide bonds. The second-order valence-corrected chi connectivity index (χ2v) is 4.68. The van der Waals surface area contributed by atoms with Gasteiger partial charge in [-0.2, -0.15) is 0 Å². The third kappa shape index (κ3) is 4.42. The molecule has 0 aromatic carbocycles. The molecule has 0 atom stereocenters. The van der Waals surface area contributed by atoms with Crippen LogP contribution in [0.25, 0.3) is 0 Å². The first-order chi connectivity index (χ1) is 8.34. The quantitative estimate of drug-likeness (QED) is 0.800. The van der Waals surface area contributed by atoms with Gasteiger partial charge in [0.25, 0.3) is 0 Å². The van der Waals surface area contributed by atoms with E-state index in [4.69, 9.17) is 0 Å². The van der Waals surface area contributed by atoms with Gasteiger partial charge in [0.2, 0.25) is 0 Å². The third-order valence-electron chi connectivity index (χ3n) is 3.21. The summed E-state index contributed by atoms with van der Waals surface area (Å²) in [5.74, 6) is 0. The molecule has 1 N–H and O–H groups in total. The molecule has 0 spiro atoms. The molecule has 4 heteroatoms. The number of piperazine rings is 1. The van der Waals surface area contributed by atoms with E-state index in [-0.39, 0.29) is 0 Å². The van der Waals surface area contributed by atoms with Crippen LogP contribution in [0.2, 0.25) is 0 Å². The Hall–Kier alpha value is -0.970. The summed E-state index contributed by atoms with van der Waals surface area (Å²) in [4.78, 5) is 8.94. The molecule has 1 aliphatic rings. The number of pyridine rings is 1. The molecule has 1 aromatic heterocycles. The highest BCUT2D eigenvalue weighted by Gasteiger charge is 2.09. The molecule has 4 nitrogen and oxygen atoms in total. The molecule has 94 valence electrons. The summed E-state index contributed by atoms with van der Waals surface area (Å²) in [6.07, 6.45) is 3.72. The van der Waals surface area contributed by atoms with Crippen LogP contribution in [0.1, 0.15) is 5.56 Å². The Balaban J connectivity index is 1.68. The SMILES string of the molecule is CN(CCN1CCNCC1)Cc1ccncc1. The Morgan fingerprint density at radius 1 is 1.29 bits per heavy atom. The molecule has 1 aliphatic heterocycles. The second-order valence-electron chi connectivity index (χ2n) is 4.68. The molecular weight excluding hydrogens is 212 g/mol. The highest BCUT2D eigenvalue weighted by Crippen LogP contribution is 2.01. The summed E-state index contributed by atoms with van der Waals surface area (Å²) in [5.41, 5.74) is 1.34. The Kier molecular flexibility index (Phi) is 4.91. The van der Waals surface area contributed by atoms with E-state index in [0.29, 0.717) is 0 Å². The maximum Gasteiger partial charge on any atom is 0.0271 e. The van der Waals surface area contributed by atoms with Crippen molar-refractivity contribution in [2.24, 2.45) is 0 Å². The normalized spacial score (nSPS) is 17.5. The topological polar surface area (TPSA) is 31.4 Å². The van der Waals surface area contributed by atoms with Crippen molar-refractivity contribution in [1.29, 1.82) is 0 Å². The fourth-order valence-corrected chi connectivity index (χ4v) is 2.13. The van der Waals surface area contributed by atoms with Crippen LogP contribution in [0.3, 0.4) is 0 Å². The van der Waals surface area contributed by atoms with E-state index in [1.165, 1.54) is 25.2 Å². The third-order valence-corrected chi connectivity index (χ3v) is 3.21. The van der Waals surface area contributed by atoms with Crippen LogP contribution in [0.4, 0.5) is 0 Å². The Bertz CT molecular complexity index is 308. The highest BCUT2D eigenvalue weighted by atomic mass is 15.2.